The summed E-state index contributed by atoms with van der Waals surface area (Å²) in [7, 11) is 0. The highest BCUT2D eigenvalue weighted by Gasteiger charge is 2.47. The molecule has 0 spiro atoms. The Bertz CT molecular complexity index is 370. The summed E-state index contributed by atoms with van der Waals surface area (Å²) in [4.78, 5) is 24.2. The molecule has 1 saturated carbocycles. The lowest BCUT2D eigenvalue weighted by Crippen LogP contribution is -2.61. The van der Waals surface area contributed by atoms with Gasteiger partial charge in [0, 0.05) is 6.04 Å². The monoisotopic (exact) mass is 286 g/mol. The highest BCUT2D eigenvalue weighted by molar-refractivity contribution is 5.90. The number of carbonyl (C=O) groups excluding carboxylic acids is 2. The van der Waals surface area contributed by atoms with Gasteiger partial charge in [-0.3, -0.25) is 15.3 Å². The quantitative estimate of drug-likeness (QED) is 0.492. The van der Waals surface area contributed by atoms with Crippen molar-refractivity contribution in [3.63, 3.8) is 0 Å². The van der Waals surface area contributed by atoms with Crippen LogP contribution in [0.4, 0.5) is 0 Å². The number of rotatable bonds is 6. The van der Waals surface area contributed by atoms with Gasteiger partial charge in [0.25, 0.3) is 5.91 Å². The minimum atomic E-state index is -2.24. The van der Waals surface area contributed by atoms with E-state index >= 15 is 0 Å². The van der Waals surface area contributed by atoms with Gasteiger partial charge in [0.2, 0.25) is 5.72 Å². The largest absolute Gasteiger partial charge is 0.460 e. The van der Waals surface area contributed by atoms with Crippen LogP contribution in [0.3, 0.4) is 0 Å². The van der Waals surface area contributed by atoms with Gasteiger partial charge in [0.05, 0.1) is 0 Å². The smallest absolute Gasteiger partial charge is 0.314 e. The Balaban J connectivity index is 2.80. The first-order chi connectivity index (χ1) is 9.08. The molecule has 0 bridgehead atoms. The first-order valence-corrected chi connectivity index (χ1v) is 7.13. The van der Waals surface area contributed by atoms with Crippen molar-refractivity contribution >= 4 is 11.9 Å². The summed E-state index contributed by atoms with van der Waals surface area (Å²) in [6, 6.07) is 0.0680. The molecule has 6 nitrogen and oxygen atoms in total. The van der Waals surface area contributed by atoms with Crippen LogP contribution in [0.2, 0.25) is 0 Å². The number of nitrogens with one attached hydrogen (secondary N) is 1. The van der Waals surface area contributed by atoms with E-state index in [0.29, 0.717) is 12.8 Å². The Morgan fingerprint density at radius 2 is 1.95 bits per heavy atom. The van der Waals surface area contributed by atoms with Gasteiger partial charge in [-0.05, 0) is 40.0 Å². The predicted octanol–water partition coefficient (Wildman–Crippen LogP) is 0.670. The van der Waals surface area contributed by atoms with E-state index in [-0.39, 0.29) is 6.04 Å². The molecule has 20 heavy (non-hydrogen) atoms. The molecule has 0 aromatic rings. The summed E-state index contributed by atoms with van der Waals surface area (Å²) < 4.78 is 5.25. The van der Waals surface area contributed by atoms with E-state index in [1.165, 1.54) is 0 Å². The highest BCUT2D eigenvalue weighted by Crippen LogP contribution is 2.25. The molecule has 1 aliphatic rings. The molecule has 1 rings (SSSR count). The summed E-state index contributed by atoms with van der Waals surface area (Å²) in [6.45, 7) is 7.04. The van der Waals surface area contributed by atoms with E-state index in [0.717, 1.165) is 12.8 Å². The summed E-state index contributed by atoms with van der Waals surface area (Å²) in [5, 5.41) is 12.9. The molecule has 0 saturated heterocycles. The van der Waals surface area contributed by atoms with E-state index in [4.69, 9.17) is 10.5 Å². The molecular formula is C14H26N2O4. The van der Waals surface area contributed by atoms with Crippen LogP contribution in [0.5, 0.6) is 0 Å². The number of hydrogen-bond donors (Lipinski definition) is 3. The Morgan fingerprint density at radius 1 is 1.40 bits per heavy atom. The van der Waals surface area contributed by atoms with Crippen molar-refractivity contribution in [2.75, 3.05) is 0 Å². The third kappa shape index (κ3) is 4.76. The zero-order valence-corrected chi connectivity index (χ0v) is 12.7. The summed E-state index contributed by atoms with van der Waals surface area (Å²) in [6.07, 6.45) is 2.67. The zero-order valence-electron chi connectivity index (χ0n) is 12.7. The molecule has 0 heterocycles. The molecule has 0 aromatic carbocycles. The Morgan fingerprint density at radius 3 is 2.35 bits per heavy atom. The van der Waals surface area contributed by atoms with Crippen LogP contribution in [-0.2, 0) is 14.3 Å². The third-order valence-corrected chi connectivity index (χ3v) is 3.08. The van der Waals surface area contributed by atoms with Gasteiger partial charge in [0.15, 0.2) is 0 Å². The van der Waals surface area contributed by atoms with Gasteiger partial charge in [-0.15, -0.1) is 0 Å². The van der Waals surface area contributed by atoms with E-state index < -0.39 is 29.1 Å². The number of ether oxygens (including phenoxy) is 1. The Labute approximate surface area is 120 Å². The number of nitrogens with two attached hydrogens (primary N) is 1. The van der Waals surface area contributed by atoms with Crippen LogP contribution < -0.4 is 11.1 Å². The average Bonchev–Trinajstić information content (AvgIpc) is 3.06. The van der Waals surface area contributed by atoms with Crippen molar-refractivity contribution in [1.29, 1.82) is 0 Å². The molecule has 0 aliphatic heterocycles. The molecule has 1 aliphatic carbocycles. The standard InChI is InChI=1S/C14H26N2O4/c1-5-6-10(11(17)20-13(2,3)4)14(15,19)12(18)16-9-7-8-9/h9-10,19H,5-8,15H2,1-4H3,(H,16,18). The second-order valence-electron chi connectivity index (χ2n) is 6.45. The molecule has 1 amide bonds. The normalized spacial score (nSPS) is 19.9. The second-order valence-corrected chi connectivity index (χ2v) is 6.45. The fourth-order valence-corrected chi connectivity index (χ4v) is 1.87. The molecular weight excluding hydrogens is 260 g/mol. The lowest BCUT2D eigenvalue weighted by Gasteiger charge is -2.32. The van der Waals surface area contributed by atoms with Crippen LogP contribution in [0.15, 0.2) is 0 Å². The van der Waals surface area contributed by atoms with Crippen molar-refractivity contribution < 1.29 is 19.4 Å². The van der Waals surface area contributed by atoms with E-state index in [9.17, 15) is 14.7 Å². The van der Waals surface area contributed by atoms with Gasteiger partial charge in [-0.1, -0.05) is 13.3 Å². The van der Waals surface area contributed by atoms with Gasteiger partial charge in [0.1, 0.15) is 11.5 Å². The fraction of sp³-hybridized carbons (Fsp3) is 0.857. The summed E-state index contributed by atoms with van der Waals surface area (Å²) in [5.41, 5.74) is 2.81. The first-order valence-electron chi connectivity index (χ1n) is 7.13. The average molecular weight is 286 g/mol. The number of carbonyl (C=O) groups is 2. The van der Waals surface area contributed by atoms with Crippen molar-refractivity contribution in [1.82, 2.24) is 5.32 Å². The molecule has 6 heteroatoms. The number of esters is 1. The molecule has 116 valence electrons. The second kappa shape index (κ2) is 6.10. The van der Waals surface area contributed by atoms with Crippen molar-refractivity contribution in [2.45, 2.75) is 70.7 Å². The van der Waals surface area contributed by atoms with Crippen molar-refractivity contribution in [2.24, 2.45) is 11.7 Å². The Kier molecular flexibility index (Phi) is 5.15. The maximum Gasteiger partial charge on any atom is 0.314 e. The lowest BCUT2D eigenvalue weighted by atomic mass is 9.90. The molecule has 0 radical (unpaired) electrons. The number of amides is 1. The SMILES string of the molecule is CCCC(C(=O)OC(C)(C)C)C(N)(O)C(=O)NC1CC1. The number of aliphatic hydroxyl groups is 1. The molecule has 2 atom stereocenters. The zero-order chi connectivity index (χ0) is 15.6. The van der Waals surface area contributed by atoms with E-state index in [2.05, 4.69) is 5.32 Å². The molecule has 2 unspecified atom stereocenters. The minimum absolute atomic E-state index is 0.0680. The fourth-order valence-electron chi connectivity index (χ4n) is 1.87. The van der Waals surface area contributed by atoms with Gasteiger partial charge < -0.3 is 15.2 Å². The minimum Gasteiger partial charge on any atom is -0.460 e. The van der Waals surface area contributed by atoms with Crippen LogP contribution in [0.1, 0.15) is 53.4 Å². The third-order valence-electron chi connectivity index (χ3n) is 3.08. The van der Waals surface area contributed by atoms with Gasteiger partial charge in [-0.25, -0.2) is 0 Å². The van der Waals surface area contributed by atoms with Gasteiger partial charge >= 0.3 is 5.97 Å². The van der Waals surface area contributed by atoms with Crippen LogP contribution >= 0.6 is 0 Å². The maximum atomic E-state index is 12.2. The van der Waals surface area contributed by atoms with Crippen molar-refractivity contribution in [3.05, 3.63) is 0 Å². The lowest BCUT2D eigenvalue weighted by molar-refractivity contribution is -0.175. The topological polar surface area (TPSA) is 102 Å². The predicted molar refractivity (Wildman–Crippen MR) is 74.5 cm³/mol. The first kappa shape index (κ1) is 16.9. The summed E-state index contributed by atoms with van der Waals surface area (Å²) in [5.74, 6) is -2.41. The van der Waals surface area contributed by atoms with E-state index in [1.54, 1.807) is 20.8 Å². The summed E-state index contributed by atoms with van der Waals surface area (Å²) >= 11 is 0. The highest BCUT2D eigenvalue weighted by atomic mass is 16.6. The van der Waals surface area contributed by atoms with Gasteiger partial charge in [-0.2, -0.15) is 0 Å². The molecule has 1 fully saturated rings. The van der Waals surface area contributed by atoms with Crippen LogP contribution in [0.25, 0.3) is 0 Å². The maximum absolute atomic E-state index is 12.2. The van der Waals surface area contributed by atoms with E-state index in [1.807, 2.05) is 6.92 Å². The Hall–Kier alpha value is -1.14. The van der Waals surface area contributed by atoms with Crippen LogP contribution in [0, 0.1) is 5.92 Å². The van der Waals surface area contributed by atoms with Crippen molar-refractivity contribution in [3.8, 4) is 0 Å². The number of hydrogen-bond acceptors (Lipinski definition) is 5. The molecule has 4 N–H and O–H groups in total. The molecule has 0 aromatic heterocycles. The van der Waals surface area contributed by atoms with Crippen LogP contribution in [-0.4, -0.2) is 34.4 Å².